The van der Waals surface area contributed by atoms with Crippen molar-refractivity contribution in [2.45, 2.75) is 13.1 Å². The van der Waals surface area contributed by atoms with Crippen molar-refractivity contribution in [2.24, 2.45) is 0 Å². The predicted molar refractivity (Wildman–Crippen MR) is 101 cm³/mol. The van der Waals surface area contributed by atoms with Crippen LogP contribution in [0.1, 0.15) is 11.1 Å². The van der Waals surface area contributed by atoms with E-state index in [1.54, 1.807) is 7.05 Å². The lowest BCUT2D eigenvalue weighted by Crippen LogP contribution is -2.38. The maximum atomic E-state index is 12.0. The first-order valence-corrected chi connectivity index (χ1v) is 8.43. The van der Waals surface area contributed by atoms with Crippen LogP contribution in [-0.2, 0) is 13.1 Å². The molecule has 0 atom stereocenters. The van der Waals surface area contributed by atoms with Gasteiger partial charge in [0.05, 0.1) is 6.61 Å². The van der Waals surface area contributed by atoms with Gasteiger partial charge in [0.2, 0.25) is 0 Å². The van der Waals surface area contributed by atoms with Crippen LogP contribution in [0.2, 0.25) is 0 Å². The summed E-state index contributed by atoms with van der Waals surface area (Å²) in [7, 11) is 5.78. The molecule has 0 spiro atoms. The van der Waals surface area contributed by atoms with Crippen LogP contribution in [0, 0.1) is 0 Å². The van der Waals surface area contributed by atoms with E-state index in [1.807, 2.05) is 18.2 Å². The van der Waals surface area contributed by atoms with Crippen LogP contribution in [0.4, 0.5) is 4.79 Å². The summed E-state index contributed by atoms with van der Waals surface area (Å²) in [5.74, 6) is 0. The number of aliphatic hydroxyl groups excluding tert-OH is 1. The van der Waals surface area contributed by atoms with Gasteiger partial charge in [0.15, 0.2) is 0 Å². The van der Waals surface area contributed by atoms with Gasteiger partial charge in [-0.25, -0.2) is 4.79 Å². The summed E-state index contributed by atoms with van der Waals surface area (Å²) < 4.78 is 0. The normalized spacial score (nSPS) is 10.8. The average Bonchev–Trinajstić information content (AvgIpc) is 2.60. The molecule has 0 unspecified atom stereocenters. The van der Waals surface area contributed by atoms with Gasteiger partial charge in [-0.2, -0.15) is 0 Å². The zero-order valence-corrected chi connectivity index (χ0v) is 15.2. The standard InChI is InChI=1S/C20H27N3O2/c1-22(2)15-16-8-10-17(11-9-16)19-7-5-4-6-18(19)14-21-20(25)23(3)12-13-24/h4-11,24H,12-15H2,1-3H3,(H,21,25). The van der Waals surface area contributed by atoms with Crippen molar-refractivity contribution in [3.05, 3.63) is 59.7 Å². The maximum Gasteiger partial charge on any atom is 0.317 e. The first-order chi connectivity index (χ1) is 12.0. The quantitative estimate of drug-likeness (QED) is 0.814. The molecule has 2 aromatic rings. The fraction of sp³-hybridized carbons (Fsp3) is 0.350. The minimum absolute atomic E-state index is 0.0419. The number of rotatable bonds is 7. The molecule has 2 aromatic carbocycles. The molecule has 0 heterocycles. The Morgan fingerprint density at radius 3 is 2.36 bits per heavy atom. The fourth-order valence-electron chi connectivity index (χ4n) is 2.67. The van der Waals surface area contributed by atoms with Gasteiger partial charge < -0.3 is 20.2 Å². The maximum absolute atomic E-state index is 12.0. The van der Waals surface area contributed by atoms with E-state index in [4.69, 9.17) is 5.11 Å². The van der Waals surface area contributed by atoms with Crippen LogP contribution in [0.3, 0.4) is 0 Å². The second-order valence-electron chi connectivity index (χ2n) is 6.40. The van der Waals surface area contributed by atoms with Crippen LogP contribution in [0.25, 0.3) is 11.1 Å². The van der Waals surface area contributed by atoms with Crippen LogP contribution in [0.5, 0.6) is 0 Å². The highest BCUT2D eigenvalue weighted by Crippen LogP contribution is 2.24. The number of aliphatic hydroxyl groups is 1. The Hall–Kier alpha value is -2.37. The van der Waals surface area contributed by atoms with Gasteiger partial charge in [0, 0.05) is 26.7 Å². The Labute approximate surface area is 149 Å². The lowest BCUT2D eigenvalue weighted by molar-refractivity contribution is 0.190. The molecule has 2 rings (SSSR count). The zero-order chi connectivity index (χ0) is 18.2. The van der Waals surface area contributed by atoms with E-state index in [1.165, 1.54) is 10.5 Å². The van der Waals surface area contributed by atoms with Crippen LogP contribution < -0.4 is 5.32 Å². The molecule has 0 fully saturated rings. The molecule has 0 aliphatic rings. The number of carbonyl (C=O) groups excluding carboxylic acids is 1. The van der Waals surface area contributed by atoms with Gasteiger partial charge in [-0.1, -0.05) is 48.5 Å². The van der Waals surface area contributed by atoms with E-state index in [-0.39, 0.29) is 12.6 Å². The fourth-order valence-corrected chi connectivity index (χ4v) is 2.67. The molecule has 5 heteroatoms. The van der Waals surface area contributed by atoms with Crippen LogP contribution in [0.15, 0.2) is 48.5 Å². The zero-order valence-electron chi connectivity index (χ0n) is 15.2. The monoisotopic (exact) mass is 341 g/mol. The van der Waals surface area contributed by atoms with Gasteiger partial charge in [-0.05, 0) is 36.3 Å². The Morgan fingerprint density at radius 2 is 1.72 bits per heavy atom. The molecule has 5 nitrogen and oxygen atoms in total. The molecule has 0 aliphatic heterocycles. The van der Waals surface area contributed by atoms with Crippen molar-refractivity contribution in [3.63, 3.8) is 0 Å². The highest BCUT2D eigenvalue weighted by atomic mass is 16.3. The molecule has 25 heavy (non-hydrogen) atoms. The minimum atomic E-state index is -0.190. The second kappa shape index (κ2) is 9.20. The Bertz CT molecular complexity index is 684. The highest BCUT2D eigenvalue weighted by molar-refractivity contribution is 5.74. The highest BCUT2D eigenvalue weighted by Gasteiger charge is 2.09. The number of hydrogen-bond donors (Lipinski definition) is 2. The Morgan fingerprint density at radius 1 is 1.04 bits per heavy atom. The Kier molecular flexibility index (Phi) is 6.98. The number of urea groups is 1. The molecule has 0 saturated heterocycles. The minimum Gasteiger partial charge on any atom is -0.395 e. The molecule has 2 N–H and O–H groups in total. The first-order valence-electron chi connectivity index (χ1n) is 8.43. The van der Waals surface area contributed by atoms with E-state index in [0.29, 0.717) is 13.1 Å². The van der Waals surface area contributed by atoms with Gasteiger partial charge in [-0.15, -0.1) is 0 Å². The smallest absolute Gasteiger partial charge is 0.317 e. The Balaban J connectivity index is 2.11. The number of likely N-dealkylation sites (N-methyl/N-ethyl adjacent to an activating group) is 1. The van der Waals surface area contributed by atoms with Gasteiger partial charge in [0.25, 0.3) is 0 Å². The number of hydrogen-bond acceptors (Lipinski definition) is 3. The lowest BCUT2D eigenvalue weighted by Gasteiger charge is -2.18. The molecule has 0 bridgehead atoms. The number of benzene rings is 2. The summed E-state index contributed by atoms with van der Waals surface area (Å²) in [6.07, 6.45) is 0. The van der Waals surface area contributed by atoms with E-state index < -0.39 is 0 Å². The average molecular weight is 341 g/mol. The van der Waals surface area contributed by atoms with E-state index in [2.05, 4.69) is 54.6 Å². The molecule has 2 amide bonds. The molecule has 0 radical (unpaired) electrons. The summed E-state index contributed by atoms with van der Waals surface area (Å²) in [6.45, 7) is 1.64. The van der Waals surface area contributed by atoms with Crippen LogP contribution in [-0.4, -0.2) is 55.2 Å². The lowest BCUT2D eigenvalue weighted by atomic mass is 9.98. The SMILES string of the molecule is CN(C)Cc1ccc(-c2ccccc2CNC(=O)N(C)CCO)cc1. The molecular weight excluding hydrogens is 314 g/mol. The third kappa shape index (κ3) is 5.59. The number of amides is 2. The molecule has 0 aromatic heterocycles. The van der Waals surface area contributed by atoms with Crippen molar-refractivity contribution in [3.8, 4) is 11.1 Å². The van der Waals surface area contributed by atoms with Gasteiger partial charge in [0.1, 0.15) is 0 Å². The molecule has 134 valence electrons. The van der Waals surface area contributed by atoms with Gasteiger partial charge >= 0.3 is 6.03 Å². The van der Waals surface area contributed by atoms with Gasteiger partial charge in [-0.3, -0.25) is 0 Å². The van der Waals surface area contributed by atoms with Crippen molar-refractivity contribution in [1.82, 2.24) is 15.1 Å². The summed E-state index contributed by atoms with van der Waals surface area (Å²) in [5.41, 5.74) is 4.58. The third-order valence-electron chi connectivity index (χ3n) is 3.99. The summed E-state index contributed by atoms with van der Waals surface area (Å²) in [6, 6.07) is 16.4. The largest absolute Gasteiger partial charge is 0.395 e. The van der Waals surface area contributed by atoms with Crippen molar-refractivity contribution < 1.29 is 9.90 Å². The van der Waals surface area contributed by atoms with Crippen molar-refractivity contribution in [2.75, 3.05) is 34.3 Å². The van der Waals surface area contributed by atoms with Crippen LogP contribution >= 0.6 is 0 Å². The topological polar surface area (TPSA) is 55.8 Å². The predicted octanol–water partition coefficient (Wildman–Crippen LogP) is 2.55. The van der Waals surface area contributed by atoms with E-state index in [9.17, 15) is 4.79 Å². The second-order valence-corrected chi connectivity index (χ2v) is 6.40. The van der Waals surface area contributed by atoms with E-state index in [0.717, 1.165) is 23.2 Å². The number of nitrogens with zero attached hydrogens (tertiary/aromatic N) is 2. The number of carbonyl (C=O) groups is 1. The van der Waals surface area contributed by atoms with Crippen molar-refractivity contribution in [1.29, 1.82) is 0 Å². The molecular formula is C20H27N3O2. The summed E-state index contributed by atoms with van der Waals surface area (Å²) in [5, 5.41) is 11.8. The molecule has 0 saturated carbocycles. The summed E-state index contributed by atoms with van der Waals surface area (Å²) >= 11 is 0. The molecule has 0 aliphatic carbocycles. The first kappa shape index (κ1) is 19.0. The third-order valence-corrected chi connectivity index (χ3v) is 3.99. The van der Waals surface area contributed by atoms with Crippen molar-refractivity contribution >= 4 is 6.03 Å². The summed E-state index contributed by atoms with van der Waals surface area (Å²) in [4.78, 5) is 15.6. The van der Waals surface area contributed by atoms with E-state index >= 15 is 0 Å². The number of nitrogens with one attached hydrogen (secondary N) is 1.